The molecule has 2 heterocycles. The van der Waals surface area contributed by atoms with Crippen LogP contribution in [0, 0.1) is 0 Å². The molecule has 0 aliphatic carbocycles. The van der Waals surface area contributed by atoms with Crippen LogP contribution in [0.3, 0.4) is 0 Å². The molecule has 6 nitrogen and oxygen atoms in total. The Labute approximate surface area is 88.5 Å². The lowest BCUT2D eigenvalue weighted by Gasteiger charge is -2.01. The molecule has 0 spiro atoms. The van der Waals surface area contributed by atoms with Gasteiger partial charge in [-0.2, -0.15) is 0 Å². The van der Waals surface area contributed by atoms with Crippen molar-refractivity contribution in [3.8, 4) is 17.4 Å². The molecule has 2 aromatic rings. The van der Waals surface area contributed by atoms with Crippen molar-refractivity contribution in [1.82, 2.24) is 4.98 Å². The summed E-state index contributed by atoms with van der Waals surface area (Å²) in [6.07, 6.45) is 1.08. The Bertz CT molecular complexity index is 669. The molecular weight excluding hydrogens is 212 g/mol. The second kappa shape index (κ2) is 2.54. The zero-order valence-corrected chi connectivity index (χ0v) is 7.85. The normalized spacial score (nSPS) is 13.6. The Morgan fingerprint density at radius 2 is 2.00 bits per heavy atom. The summed E-state index contributed by atoms with van der Waals surface area (Å²) in [5.41, 5.74) is 0.634. The first-order valence-corrected chi connectivity index (χ1v) is 4.47. The zero-order chi connectivity index (χ0) is 11.4. The molecule has 1 aromatic carbocycles. The number of carbonyl (C=O) groups is 1. The van der Waals surface area contributed by atoms with Crippen molar-refractivity contribution in [2.75, 3.05) is 0 Å². The van der Waals surface area contributed by atoms with E-state index in [9.17, 15) is 20.1 Å². The van der Waals surface area contributed by atoms with Gasteiger partial charge in [0.25, 0.3) is 0 Å². The Hall–Kier alpha value is -2.50. The smallest absolute Gasteiger partial charge is 0.233 e. The lowest BCUT2D eigenvalue weighted by atomic mass is 10.1. The van der Waals surface area contributed by atoms with Crippen LogP contribution in [0.5, 0.6) is 17.4 Å². The minimum Gasteiger partial charge on any atom is -0.507 e. The van der Waals surface area contributed by atoms with E-state index in [0.717, 1.165) is 6.21 Å². The van der Waals surface area contributed by atoms with E-state index in [-0.39, 0.29) is 28.1 Å². The highest BCUT2D eigenvalue weighted by Crippen LogP contribution is 2.44. The third-order valence-electron chi connectivity index (χ3n) is 2.56. The number of rotatable bonds is 0. The van der Waals surface area contributed by atoms with E-state index in [2.05, 4.69) is 9.98 Å². The first-order chi connectivity index (χ1) is 7.59. The van der Waals surface area contributed by atoms with E-state index in [0.29, 0.717) is 5.52 Å². The molecule has 3 rings (SSSR count). The SMILES string of the molecule is O=C1C=Nc2c1c(O)cc1c(O)c(O)[nH]c21. The van der Waals surface area contributed by atoms with Crippen LogP contribution < -0.4 is 0 Å². The molecule has 0 unspecified atom stereocenters. The lowest BCUT2D eigenvalue weighted by Crippen LogP contribution is -1.94. The number of aromatic hydroxyl groups is 3. The predicted molar refractivity (Wildman–Crippen MR) is 55.8 cm³/mol. The predicted octanol–water partition coefficient (Wildman–Crippen LogP) is 1.18. The number of benzene rings is 1. The van der Waals surface area contributed by atoms with Gasteiger partial charge in [0.1, 0.15) is 11.4 Å². The number of ketones is 1. The largest absolute Gasteiger partial charge is 0.507 e. The maximum atomic E-state index is 11.4. The van der Waals surface area contributed by atoms with Gasteiger partial charge in [0, 0.05) is 0 Å². The van der Waals surface area contributed by atoms with Crippen LogP contribution in [0.2, 0.25) is 0 Å². The van der Waals surface area contributed by atoms with Gasteiger partial charge in [-0.15, -0.1) is 0 Å². The molecule has 0 amide bonds. The molecule has 0 bridgehead atoms. The van der Waals surface area contributed by atoms with E-state index >= 15 is 0 Å². The molecule has 1 aromatic heterocycles. The summed E-state index contributed by atoms with van der Waals surface area (Å²) in [6.45, 7) is 0. The lowest BCUT2D eigenvalue weighted by molar-refractivity contribution is 0.107. The van der Waals surface area contributed by atoms with E-state index in [4.69, 9.17) is 0 Å². The van der Waals surface area contributed by atoms with Crippen molar-refractivity contribution in [2.45, 2.75) is 0 Å². The summed E-state index contributed by atoms with van der Waals surface area (Å²) in [5, 5.41) is 28.6. The number of nitrogens with one attached hydrogen (secondary N) is 1. The zero-order valence-electron chi connectivity index (χ0n) is 7.85. The molecule has 0 radical (unpaired) electrons. The number of hydrogen-bond donors (Lipinski definition) is 4. The van der Waals surface area contributed by atoms with Crippen LogP contribution >= 0.6 is 0 Å². The van der Waals surface area contributed by atoms with Crippen molar-refractivity contribution < 1.29 is 20.1 Å². The fourth-order valence-corrected chi connectivity index (χ4v) is 1.83. The van der Waals surface area contributed by atoms with Crippen molar-refractivity contribution in [2.24, 2.45) is 4.99 Å². The Balaban J connectivity index is 2.54. The average Bonchev–Trinajstić information content (AvgIpc) is 2.74. The maximum absolute atomic E-state index is 11.4. The first kappa shape index (κ1) is 8.78. The molecule has 80 valence electrons. The average molecular weight is 218 g/mol. The topological polar surface area (TPSA) is 106 Å². The van der Waals surface area contributed by atoms with Crippen molar-refractivity contribution in [3.05, 3.63) is 11.6 Å². The van der Waals surface area contributed by atoms with Gasteiger partial charge in [-0.25, -0.2) is 4.99 Å². The Morgan fingerprint density at radius 1 is 1.25 bits per heavy atom. The quantitative estimate of drug-likeness (QED) is 0.532. The minimum atomic E-state index is -0.419. The van der Waals surface area contributed by atoms with E-state index in [1.54, 1.807) is 0 Å². The second-order valence-electron chi connectivity index (χ2n) is 3.49. The monoisotopic (exact) mass is 218 g/mol. The molecule has 4 N–H and O–H groups in total. The number of aliphatic imine (C=N–C) groups is 1. The van der Waals surface area contributed by atoms with Gasteiger partial charge in [-0.1, -0.05) is 0 Å². The fourth-order valence-electron chi connectivity index (χ4n) is 1.83. The summed E-state index contributed by atoms with van der Waals surface area (Å²) in [4.78, 5) is 17.7. The van der Waals surface area contributed by atoms with Gasteiger partial charge >= 0.3 is 0 Å². The van der Waals surface area contributed by atoms with Gasteiger partial charge in [0.15, 0.2) is 5.75 Å². The summed E-state index contributed by atoms with van der Waals surface area (Å²) < 4.78 is 0. The maximum Gasteiger partial charge on any atom is 0.233 e. The summed E-state index contributed by atoms with van der Waals surface area (Å²) in [5.74, 6) is -1.46. The van der Waals surface area contributed by atoms with Crippen LogP contribution in [-0.4, -0.2) is 32.3 Å². The second-order valence-corrected chi connectivity index (χ2v) is 3.49. The third kappa shape index (κ3) is 0.855. The Morgan fingerprint density at radius 3 is 2.75 bits per heavy atom. The van der Waals surface area contributed by atoms with Crippen LogP contribution in [0.4, 0.5) is 5.69 Å². The number of aromatic amines is 1. The molecule has 1 aliphatic rings. The van der Waals surface area contributed by atoms with E-state index in [1.807, 2.05) is 0 Å². The summed E-state index contributed by atoms with van der Waals surface area (Å²) in [7, 11) is 0. The molecular formula is C10H6N2O4. The first-order valence-electron chi connectivity index (χ1n) is 4.47. The number of fused-ring (bicyclic) bond motifs is 3. The van der Waals surface area contributed by atoms with Gasteiger partial charge < -0.3 is 20.3 Å². The highest BCUT2D eigenvalue weighted by molar-refractivity contribution is 6.42. The van der Waals surface area contributed by atoms with Gasteiger partial charge in [-0.05, 0) is 6.07 Å². The molecule has 16 heavy (non-hydrogen) atoms. The van der Waals surface area contributed by atoms with Gasteiger partial charge in [0.05, 0.1) is 22.7 Å². The van der Waals surface area contributed by atoms with Crippen LogP contribution in [0.1, 0.15) is 10.4 Å². The van der Waals surface area contributed by atoms with Crippen LogP contribution in [0.15, 0.2) is 11.1 Å². The van der Waals surface area contributed by atoms with E-state index in [1.165, 1.54) is 6.07 Å². The number of phenolic OH excluding ortho intramolecular Hbond substituents is 1. The van der Waals surface area contributed by atoms with Crippen molar-refractivity contribution in [3.63, 3.8) is 0 Å². The number of phenols is 1. The summed E-state index contributed by atoms with van der Waals surface area (Å²) >= 11 is 0. The van der Waals surface area contributed by atoms with Crippen LogP contribution in [-0.2, 0) is 0 Å². The number of H-pyrrole nitrogens is 1. The van der Waals surface area contributed by atoms with E-state index < -0.39 is 11.7 Å². The van der Waals surface area contributed by atoms with Gasteiger partial charge in [0.2, 0.25) is 11.7 Å². The summed E-state index contributed by atoms with van der Waals surface area (Å²) in [6, 6.07) is 1.21. The highest BCUT2D eigenvalue weighted by Gasteiger charge is 2.25. The standard InChI is InChI=1S/C10H6N2O4/c13-4-1-3-7(12-10(16)9(3)15)8-6(4)5(14)2-11-8/h1-2,12-13,15-16H. The molecule has 0 saturated heterocycles. The Kier molecular flexibility index (Phi) is 1.40. The van der Waals surface area contributed by atoms with Crippen molar-refractivity contribution >= 4 is 28.6 Å². The van der Waals surface area contributed by atoms with Gasteiger partial charge in [-0.3, -0.25) is 4.79 Å². The highest BCUT2D eigenvalue weighted by atomic mass is 16.3. The number of Topliss-reactive ketones (excluding diaryl/α,β-unsaturated/α-hetero) is 1. The number of nitrogens with zero attached hydrogens (tertiary/aromatic N) is 1. The molecule has 0 saturated carbocycles. The molecule has 0 fully saturated rings. The molecule has 1 aliphatic heterocycles. The molecule has 0 atom stereocenters. The van der Waals surface area contributed by atoms with Crippen molar-refractivity contribution in [1.29, 1.82) is 0 Å². The fraction of sp³-hybridized carbons (Fsp3) is 0. The number of carbonyl (C=O) groups excluding carboxylic acids is 1. The number of aromatic nitrogens is 1. The number of hydrogen-bond acceptors (Lipinski definition) is 5. The molecule has 6 heteroatoms. The minimum absolute atomic E-state index is 0.0775. The third-order valence-corrected chi connectivity index (χ3v) is 2.56. The van der Waals surface area contributed by atoms with Crippen LogP contribution in [0.25, 0.3) is 10.9 Å².